The van der Waals surface area contributed by atoms with E-state index >= 15 is 0 Å². The van der Waals surface area contributed by atoms with E-state index in [0.29, 0.717) is 6.54 Å². The van der Waals surface area contributed by atoms with Crippen molar-refractivity contribution < 1.29 is 4.79 Å². The molecule has 0 aliphatic rings. The number of hydrogen-bond donors (Lipinski definition) is 1. The van der Waals surface area contributed by atoms with Crippen LogP contribution in [-0.2, 0) is 17.9 Å². The van der Waals surface area contributed by atoms with Crippen LogP contribution in [0.4, 0.5) is 0 Å². The zero-order valence-corrected chi connectivity index (χ0v) is 14.5. The Kier molecular flexibility index (Phi) is 4.92. The van der Waals surface area contributed by atoms with Gasteiger partial charge in [0.25, 0.3) is 0 Å². The molecule has 0 spiro atoms. The van der Waals surface area contributed by atoms with E-state index < -0.39 is 0 Å². The first-order chi connectivity index (χ1) is 11.2. The number of thiazole rings is 1. The van der Waals surface area contributed by atoms with E-state index in [1.54, 1.807) is 17.7 Å². The molecule has 2 aromatic heterocycles. The maximum atomic E-state index is 12.2. The molecular formula is C15H17N5OS2. The number of aromatic nitrogens is 4. The van der Waals surface area contributed by atoms with Crippen LogP contribution in [0, 0.1) is 0 Å². The highest BCUT2D eigenvalue weighted by atomic mass is 32.2. The van der Waals surface area contributed by atoms with Crippen molar-refractivity contribution in [3.8, 4) is 0 Å². The lowest BCUT2D eigenvalue weighted by atomic mass is 10.3. The van der Waals surface area contributed by atoms with Crippen LogP contribution < -0.4 is 5.32 Å². The smallest absolute Gasteiger partial charge is 0.233 e. The number of nitrogens with one attached hydrogen (secondary N) is 1. The highest BCUT2D eigenvalue weighted by molar-refractivity contribution is 8.02. The second-order valence-corrected chi connectivity index (χ2v) is 7.58. The van der Waals surface area contributed by atoms with E-state index in [0.717, 1.165) is 26.9 Å². The Balaban J connectivity index is 1.59. The summed E-state index contributed by atoms with van der Waals surface area (Å²) in [6, 6.07) is 7.99. The zero-order valence-electron chi connectivity index (χ0n) is 12.9. The SMILES string of the molecule is CCn1cnnc1CNC(=O)[C@@H](C)Sc1nc2ccccc2s1. The van der Waals surface area contributed by atoms with E-state index in [4.69, 9.17) is 0 Å². The summed E-state index contributed by atoms with van der Waals surface area (Å²) in [5.41, 5.74) is 0.976. The number of amides is 1. The molecule has 120 valence electrons. The molecule has 0 aliphatic carbocycles. The molecule has 0 bridgehead atoms. The number of hydrogen-bond acceptors (Lipinski definition) is 6. The highest BCUT2D eigenvalue weighted by Gasteiger charge is 2.17. The van der Waals surface area contributed by atoms with Gasteiger partial charge in [0.1, 0.15) is 6.33 Å². The first-order valence-electron chi connectivity index (χ1n) is 7.34. The molecule has 23 heavy (non-hydrogen) atoms. The Hall–Kier alpha value is -1.93. The number of para-hydroxylation sites is 1. The molecule has 1 aromatic carbocycles. The molecule has 0 radical (unpaired) electrons. The van der Waals surface area contributed by atoms with E-state index in [-0.39, 0.29) is 11.2 Å². The van der Waals surface area contributed by atoms with Gasteiger partial charge in [-0.25, -0.2) is 4.98 Å². The van der Waals surface area contributed by atoms with E-state index in [1.807, 2.05) is 42.7 Å². The van der Waals surface area contributed by atoms with Crippen LogP contribution in [0.3, 0.4) is 0 Å². The van der Waals surface area contributed by atoms with Gasteiger partial charge in [-0.15, -0.1) is 21.5 Å². The normalized spacial score (nSPS) is 12.4. The fourth-order valence-corrected chi connectivity index (χ4v) is 4.33. The first-order valence-corrected chi connectivity index (χ1v) is 9.03. The van der Waals surface area contributed by atoms with Crippen molar-refractivity contribution in [2.75, 3.05) is 0 Å². The molecular weight excluding hydrogens is 330 g/mol. The molecule has 0 saturated carbocycles. The van der Waals surface area contributed by atoms with Crippen molar-refractivity contribution in [3.05, 3.63) is 36.4 Å². The third kappa shape index (κ3) is 3.70. The fraction of sp³-hybridized carbons (Fsp3) is 0.333. The number of benzene rings is 1. The van der Waals surface area contributed by atoms with Gasteiger partial charge >= 0.3 is 0 Å². The summed E-state index contributed by atoms with van der Waals surface area (Å²) in [7, 11) is 0. The number of rotatable bonds is 6. The predicted octanol–water partition coefficient (Wildman–Crippen LogP) is 2.70. The summed E-state index contributed by atoms with van der Waals surface area (Å²) in [5.74, 6) is 0.734. The van der Waals surface area contributed by atoms with Crippen molar-refractivity contribution in [3.63, 3.8) is 0 Å². The lowest BCUT2D eigenvalue weighted by molar-refractivity contribution is -0.120. The summed E-state index contributed by atoms with van der Waals surface area (Å²) in [5, 5.41) is 10.6. The van der Waals surface area contributed by atoms with Crippen LogP contribution in [0.1, 0.15) is 19.7 Å². The molecule has 0 saturated heterocycles. The molecule has 8 heteroatoms. The Labute approximate surface area is 142 Å². The maximum Gasteiger partial charge on any atom is 0.233 e. The van der Waals surface area contributed by atoms with Crippen LogP contribution in [0.2, 0.25) is 0 Å². The molecule has 1 N–H and O–H groups in total. The number of carbonyl (C=O) groups excluding carboxylic acids is 1. The summed E-state index contributed by atoms with van der Waals surface area (Å²) < 4.78 is 3.95. The quantitative estimate of drug-likeness (QED) is 0.694. The minimum Gasteiger partial charge on any atom is -0.348 e. The van der Waals surface area contributed by atoms with Gasteiger partial charge in [-0.05, 0) is 26.0 Å². The third-order valence-electron chi connectivity index (χ3n) is 3.38. The average molecular weight is 347 g/mol. The Morgan fingerprint density at radius 2 is 2.26 bits per heavy atom. The van der Waals surface area contributed by atoms with Gasteiger partial charge in [0.05, 0.1) is 22.0 Å². The van der Waals surface area contributed by atoms with E-state index in [2.05, 4.69) is 20.5 Å². The van der Waals surface area contributed by atoms with Crippen LogP contribution >= 0.6 is 23.1 Å². The fourth-order valence-electron chi connectivity index (χ4n) is 2.10. The van der Waals surface area contributed by atoms with Crippen LogP contribution in [0.15, 0.2) is 34.9 Å². The Morgan fingerprint density at radius 1 is 1.43 bits per heavy atom. The largest absolute Gasteiger partial charge is 0.348 e. The van der Waals surface area contributed by atoms with E-state index in [9.17, 15) is 4.79 Å². The number of aryl methyl sites for hydroxylation is 1. The number of thioether (sulfide) groups is 1. The second kappa shape index (κ2) is 7.10. The molecule has 0 fully saturated rings. The van der Waals surface area contributed by atoms with Crippen molar-refractivity contribution in [2.24, 2.45) is 0 Å². The predicted molar refractivity (Wildman–Crippen MR) is 92.5 cm³/mol. The molecule has 6 nitrogen and oxygen atoms in total. The summed E-state index contributed by atoms with van der Waals surface area (Å²) in [6.45, 7) is 5.07. The van der Waals surface area contributed by atoms with E-state index in [1.165, 1.54) is 11.8 Å². The molecule has 2 heterocycles. The lowest BCUT2D eigenvalue weighted by Crippen LogP contribution is -2.31. The standard InChI is InChI=1S/C15H17N5OS2/c1-3-20-9-17-19-13(20)8-16-14(21)10(2)22-15-18-11-6-4-5-7-12(11)23-15/h4-7,9-10H,3,8H2,1-2H3,(H,16,21)/t10-/m1/s1. The third-order valence-corrected chi connectivity index (χ3v) is 5.61. The maximum absolute atomic E-state index is 12.2. The summed E-state index contributed by atoms with van der Waals surface area (Å²) in [4.78, 5) is 16.8. The molecule has 0 aliphatic heterocycles. The van der Waals surface area contributed by atoms with Crippen LogP contribution in [0.5, 0.6) is 0 Å². The van der Waals surface area contributed by atoms with Gasteiger partial charge in [-0.3, -0.25) is 4.79 Å². The molecule has 0 unspecified atom stereocenters. The minimum atomic E-state index is -0.214. The van der Waals surface area contributed by atoms with Gasteiger partial charge < -0.3 is 9.88 Å². The van der Waals surface area contributed by atoms with Crippen LogP contribution in [0.25, 0.3) is 10.2 Å². The van der Waals surface area contributed by atoms with Crippen molar-refractivity contribution in [1.82, 2.24) is 25.1 Å². The molecule has 1 amide bonds. The number of fused-ring (bicyclic) bond motifs is 1. The van der Waals surface area contributed by atoms with Crippen molar-refractivity contribution in [1.29, 1.82) is 0 Å². The van der Waals surface area contributed by atoms with Gasteiger partial charge in [0.15, 0.2) is 10.2 Å². The minimum absolute atomic E-state index is 0.0279. The van der Waals surface area contributed by atoms with Gasteiger partial charge in [-0.2, -0.15) is 0 Å². The molecule has 3 rings (SSSR count). The first kappa shape index (κ1) is 15.9. The molecule has 3 aromatic rings. The lowest BCUT2D eigenvalue weighted by Gasteiger charge is -2.10. The summed E-state index contributed by atoms with van der Waals surface area (Å²) in [6.07, 6.45) is 1.67. The van der Waals surface area contributed by atoms with Crippen molar-refractivity contribution in [2.45, 2.75) is 36.5 Å². The summed E-state index contributed by atoms with van der Waals surface area (Å²) >= 11 is 3.09. The molecule has 1 atom stereocenters. The van der Waals surface area contributed by atoms with Crippen LogP contribution in [-0.4, -0.2) is 30.9 Å². The zero-order chi connectivity index (χ0) is 16.2. The van der Waals surface area contributed by atoms with Gasteiger partial charge in [0.2, 0.25) is 5.91 Å². The monoisotopic (exact) mass is 347 g/mol. The Bertz CT molecular complexity index is 780. The topological polar surface area (TPSA) is 72.7 Å². The highest BCUT2D eigenvalue weighted by Crippen LogP contribution is 2.31. The van der Waals surface area contributed by atoms with Gasteiger partial charge in [0, 0.05) is 6.54 Å². The van der Waals surface area contributed by atoms with Gasteiger partial charge in [-0.1, -0.05) is 23.9 Å². The van der Waals surface area contributed by atoms with Crippen molar-refractivity contribution >= 4 is 39.2 Å². The number of nitrogens with zero attached hydrogens (tertiary/aromatic N) is 4. The Morgan fingerprint density at radius 3 is 3.04 bits per heavy atom. The second-order valence-electron chi connectivity index (χ2n) is 4.96. The number of carbonyl (C=O) groups is 1. The average Bonchev–Trinajstić information content (AvgIpc) is 3.17.